The van der Waals surface area contributed by atoms with Crippen molar-refractivity contribution in [1.82, 2.24) is 10.2 Å². The van der Waals surface area contributed by atoms with Gasteiger partial charge in [-0.1, -0.05) is 55.5 Å². The lowest BCUT2D eigenvalue weighted by atomic mass is 10.0. The number of urea groups is 1. The van der Waals surface area contributed by atoms with Gasteiger partial charge < -0.3 is 5.32 Å². The van der Waals surface area contributed by atoms with Crippen LogP contribution >= 0.6 is 0 Å². The van der Waals surface area contributed by atoms with Crippen LogP contribution in [-0.2, 0) is 9.59 Å². The molecule has 2 aromatic rings. The summed E-state index contributed by atoms with van der Waals surface area (Å²) < 4.78 is 0. The van der Waals surface area contributed by atoms with Crippen LogP contribution in [0.15, 0.2) is 60.7 Å². The first-order valence-corrected chi connectivity index (χ1v) is 9.00. The smallest absolute Gasteiger partial charge is 0.332 e. The molecule has 0 spiro atoms. The molecule has 3 rings (SSSR count). The maximum Gasteiger partial charge on any atom is 0.332 e. The number of benzene rings is 2. The predicted octanol–water partition coefficient (Wildman–Crippen LogP) is 2.76. The van der Waals surface area contributed by atoms with Crippen LogP contribution in [0.1, 0.15) is 25.3 Å². The van der Waals surface area contributed by atoms with Gasteiger partial charge in [-0.2, -0.15) is 0 Å². The Hall–Kier alpha value is -3.15. The Morgan fingerprint density at radius 3 is 2.26 bits per heavy atom. The molecule has 6 heteroatoms. The Morgan fingerprint density at radius 2 is 1.63 bits per heavy atom. The number of hydrogen-bond acceptors (Lipinski definition) is 3. The van der Waals surface area contributed by atoms with Crippen molar-refractivity contribution in [3.63, 3.8) is 0 Å². The van der Waals surface area contributed by atoms with Gasteiger partial charge in [-0.3, -0.25) is 19.4 Å². The third-order valence-electron chi connectivity index (χ3n) is 4.76. The zero-order chi connectivity index (χ0) is 19.4. The number of amides is 4. The molecule has 27 heavy (non-hydrogen) atoms. The highest BCUT2D eigenvalue weighted by Crippen LogP contribution is 2.25. The van der Waals surface area contributed by atoms with Crippen LogP contribution < -0.4 is 10.2 Å². The van der Waals surface area contributed by atoms with Gasteiger partial charge in [0.25, 0.3) is 5.91 Å². The van der Waals surface area contributed by atoms with E-state index >= 15 is 0 Å². The topological polar surface area (TPSA) is 69.7 Å². The first-order chi connectivity index (χ1) is 13.0. The van der Waals surface area contributed by atoms with Gasteiger partial charge in [0.2, 0.25) is 5.91 Å². The van der Waals surface area contributed by atoms with Crippen LogP contribution in [0.4, 0.5) is 10.5 Å². The van der Waals surface area contributed by atoms with Crippen LogP contribution in [-0.4, -0.2) is 41.9 Å². The largest absolute Gasteiger partial charge is 0.354 e. The van der Waals surface area contributed by atoms with E-state index < -0.39 is 12.1 Å². The highest BCUT2D eigenvalue weighted by atomic mass is 16.2. The fourth-order valence-electron chi connectivity index (χ4n) is 3.16. The summed E-state index contributed by atoms with van der Waals surface area (Å²) in [4.78, 5) is 39.9. The molecular formula is C21H23N3O3. The molecule has 1 fully saturated rings. The van der Waals surface area contributed by atoms with Gasteiger partial charge in [-0.05, 0) is 30.5 Å². The van der Waals surface area contributed by atoms with Crippen LogP contribution in [0.5, 0.6) is 0 Å². The van der Waals surface area contributed by atoms with Crippen LogP contribution in [0.3, 0.4) is 0 Å². The Labute approximate surface area is 158 Å². The monoisotopic (exact) mass is 365 g/mol. The van der Waals surface area contributed by atoms with Crippen molar-refractivity contribution in [2.45, 2.75) is 25.8 Å². The molecule has 1 heterocycles. The van der Waals surface area contributed by atoms with E-state index in [2.05, 4.69) is 5.32 Å². The third-order valence-corrected chi connectivity index (χ3v) is 4.76. The summed E-state index contributed by atoms with van der Waals surface area (Å²) in [7, 11) is 0. The molecule has 6 nitrogen and oxygen atoms in total. The van der Waals surface area contributed by atoms with Crippen LogP contribution in [0, 0.1) is 0 Å². The molecule has 0 aromatic heterocycles. The average Bonchev–Trinajstić information content (AvgIpc) is 2.90. The fraction of sp³-hybridized carbons (Fsp3) is 0.286. The van der Waals surface area contributed by atoms with Gasteiger partial charge in [-0.15, -0.1) is 0 Å². The van der Waals surface area contributed by atoms with Crippen LogP contribution in [0.25, 0.3) is 0 Å². The number of imide groups is 1. The molecule has 140 valence electrons. The van der Waals surface area contributed by atoms with E-state index in [-0.39, 0.29) is 24.3 Å². The number of anilines is 1. The molecule has 0 saturated carbocycles. The number of carbonyl (C=O) groups excluding carboxylic acids is 3. The number of rotatable bonds is 6. The molecule has 0 aliphatic carbocycles. The minimum atomic E-state index is -0.629. The lowest BCUT2D eigenvalue weighted by molar-refractivity contribution is -0.131. The lowest BCUT2D eigenvalue weighted by Gasteiger charge is -2.19. The van der Waals surface area contributed by atoms with Crippen molar-refractivity contribution in [2.24, 2.45) is 0 Å². The first kappa shape index (κ1) is 18.6. The molecule has 1 N–H and O–H groups in total. The van der Waals surface area contributed by atoms with Crippen molar-refractivity contribution in [2.75, 3.05) is 18.0 Å². The standard InChI is InChI=1S/C21H23N3O3/c1-15(17-9-5-3-6-10-17)13-22-19(25)14-23-20(26)16(2)24(21(23)27)18-11-7-4-8-12-18/h3-12,15-16H,13-14H2,1-2H3,(H,22,25)/t15-,16-/m1/s1. The summed E-state index contributed by atoms with van der Waals surface area (Å²) in [6.07, 6.45) is 0. The van der Waals surface area contributed by atoms with Crippen molar-refractivity contribution in [3.05, 3.63) is 66.2 Å². The second-order valence-electron chi connectivity index (χ2n) is 6.70. The Morgan fingerprint density at radius 1 is 1.04 bits per heavy atom. The molecule has 2 atom stereocenters. The predicted molar refractivity (Wildman–Crippen MR) is 103 cm³/mol. The maximum atomic E-state index is 12.7. The normalized spacial score (nSPS) is 17.9. The number of nitrogens with zero attached hydrogens (tertiary/aromatic N) is 2. The van der Waals surface area contributed by atoms with E-state index in [1.807, 2.05) is 43.3 Å². The highest BCUT2D eigenvalue weighted by Gasteiger charge is 2.43. The van der Waals surface area contributed by atoms with E-state index in [0.717, 1.165) is 10.5 Å². The minimum Gasteiger partial charge on any atom is -0.354 e. The van der Waals surface area contributed by atoms with E-state index in [9.17, 15) is 14.4 Å². The first-order valence-electron chi connectivity index (χ1n) is 9.00. The molecule has 1 saturated heterocycles. The Kier molecular flexibility index (Phi) is 5.54. The Balaban J connectivity index is 1.60. The minimum absolute atomic E-state index is 0.139. The van der Waals surface area contributed by atoms with Crippen molar-refractivity contribution >= 4 is 23.5 Å². The average molecular weight is 365 g/mol. The maximum absolute atomic E-state index is 12.7. The number of carbonyl (C=O) groups is 3. The number of para-hydroxylation sites is 1. The van der Waals surface area contributed by atoms with Crippen molar-refractivity contribution < 1.29 is 14.4 Å². The highest BCUT2D eigenvalue weighted by molar-refractivity contribution is 6.15. The van der Waals surface area contributed by atoms with Crippen molar-refractivity contribution in [3.8, 4) is 0 Å². The Bertz CT molecular complexity index is 823. The van der Waals surface area contributed by atoms with Gasteiger partial charge >= 0.3 is 6.03 Å². The number of hydrogen-bond donors (Lipinski definition) is 1. The van der Waals surface area contributed by atoms with Gasteiger partial charge in [-0.25, -0.2) is 4.79 Å². The second-order valence-corrected chi connectivity index (χ2v) is 6.70. The van der Waals surface area contributed by atoms with Gasteiger partial charge in [0.1, 0.15) is 12.6 Å². The van der Waals surface area contributed by atoms with E-state index in [0.29, 0.717) is 12.2 Å². The van der Waals surface area contributed by atoms with E-state index in [4.69, 9.17) is 0 Å². The van der Waals surface area contributed by atoms with Gasteiger partial charge in [0.15, 0.2) is 0 Å². The van der Waals surface area contributed by atoms with Crippen LogP contribution in [0.2, 0.25) is 0 Å². The summed E-state index contributed by atoms with van der Waals surface area (Å²) in [6, 6.07) is 17.8. The SMILES string of the molecule is C[C@H](CNC(=O)CN1C(=O)[C@@H](C)N(c2ccccc2)C1=O)c1ccccc1. The van der Waals surface area contributed by atoms with Gasteiger partial charge in [0.05, 0.1) is 0 Å². The molecular weight excluding hydrogens is 342 g/mol. The summed E-state index contributed by atoms with van der Waals surface area (Å²) >= 11 is 0. The second kappa shape index (κ2) is 8.03. The summed E-state index contributed by atoms with van der Waals surface area (Å²) in [5.41, 5.74) is 1.76. The van der Waals surface area contributed by atoms with Gasteiger partial charge in [0, 0.05) is 12.2 Å². The lowest BCUT2D eigenvalue weighted by Crippen LogP contribution is -2.42. The summed E-state index contributed by atoms with van der Waals surface area (Å²) in [5.74, 6) is -0.573. The summed E-state index contributed by atoms with van der Waals surface area (Å²) in [6.45, 7) is 3.85. The third kappa shape index (κ3) is 4.00. The molecule has 0 bridgehead atoms. The zero-order valence-corrected chi connectivity index (χ0v) is 15.5. The fourth-order valence-corrected chi connectivity index (χ4v) is 3.16. The molecule has 2 aromatic carbocycles. The zero-order valence-electron chi connectivity index (χ0n) is 15.5. The van der Waals surface area contributed by atoms with E-state index in [1.165, 1.54) is 4.90 Å². The molecule has 4 amide bonds. The van der Waals surface area contributed by atoms with E-state index in [1.54, 1.807) is 31.2 Å². The van der Waals surface area contributed by atoms with Crippen molar-refractivity contribution in [1.29, 1.82) is 0 Å². The summed E-state index contributed by atoms with van der Waals surface area (Å²) in [5, 5.41) is 2.81. The molecule has 1 aliphatic rings. The quantitative estimate of drug-likeness (QED) is 0.801. The molecule has 1 aliphatic heterocycles. The molecule has 0 unspecified atom stereocenters. The molecule has 0 radical (unpaired) electrons. The number of nitrogens with one attached hydrogen (secondary N) is 1.